The van der Waals surface area contributed by atoms with Crippen molar-refractivity contribution in [3.05, 3.63) is 40.7 Å². The smallest absolute Gasteiger partial charge is 0.328 e. The van der Waals surface area contributed by atoms with Crippen molar-refractivity contribution in [1.29, 1.82) is 0 Å². The number of carbonyl (C=O) groups excluding carboxylic acids is 1. The number of nitrogens with two attached hydrogens (primary N) is 1. The van der Waals surface area contributed by atoms with Gasteiger partial charge in [0.25, 0.3) is 0 Å². The number of hydrogen-bond acceptors (Lipinski definition) is 6. The predicted molar refractivity (Wildman–Crippen MR) is 113 cm³/mol. The van der Waals surface area contributed by atoms with E-state index in [0.717, 1.165) is 4.90 Å². The Hall–Kier alpha value is -3.01. The lowest BCUT2D eigenvalue weighted by molar-refractivity contribution is -0.154. The van der Waals surface area contributed by atoms with Gasteiger partial charge in [0, 0.05) is 6.54 Å². The average molecular weight is 440 g/mol. The molecule has 2 rings (SSSR count). The third kappa shape index (κ3) is 6.48. The molecule has 4 N–H and O–H groups in total. The summed E-state index contributed by atoms with van der Waals surface area (Å²) in [6, 6.07) is -6.87. The third-order valence-electron chi connectivity index (χ3n) is 5.28. The van der Waals surface area contributed by atoms with Gasteiger partial charge in [-0.05, 0) is 57.1 Å². The molecule has 1 fully saturated rings. The first-order chi connectivity index (χ1) is 17.0. The van der Waals surface area contributed by atoms with Crippen LogP contribution < -0.4 is 5.73 Å². The number of carbonyl (C=O) groups is 3. The number of carboxylic acid groups (broad SMARTS) is 2. The molecule has 10 heteroatoms. The summed E-state index contributed by atoms with van der Waals surface area (Å²) in [5.41, 5.74) is 5.39. The highest BCUT2D eigenvalue weighted by molar-refractivity contribution is 5.88. The van der Waals surface area contributed by atoms with Gasteiger partial charge in [-0.2, -0.15) is 0 Å². The molecule has 1 aromatic rings. The van der Waals surface area contributed by atoms with E-state index in [1.807, 2.05) is 0 Å². The van der Waals surface area contributed by atoms with E-state index in [0.29, 0.717) is 24.3 Å². The second-order valence-corrected chi connectivity index (χ2v) is 7.29. The van der Waals surface area contributed by atoms with Crippen molar-refractivity contribution in [1.82, 2.24) is 9.91 Å². The Bertz CT molecular complexity index is 984. The zero-order valence-corrected chi connectivity index (χ0v) is 17.0. The fraction of sp³-hybridized carbons (Fsp3) is 0.571. The van der Waals surface area contributed by atoms with Crippen LogP contribution >= 0.6 is 0 Å². The summed E-state index contributed by atoms with van der Waals surface area (Å²) in [6.07, 6.45) is 0.789. The highest BCUT2D eigenvalue weighted by atomic mass is 16.4. The summed E-state index contributed by atoms with van der Waals surface area (Å²) < 4.78 is 39.3. The first-order valence-electron chi connectivity index (χ1n) is 12.6. The lowest BCUT2D eigenvalue weighted by Crippen LogP contribution is -2.54. The van der Waals surface area contributed by atoms with E-state index in [1.165, 1.54) is 0 Å². The highest BCUT2D eigenvalue weighted by Crippen LogP contribution is 2.24. The number of likely N-dealkylation sites (tertiary alicyclic amines) is 1. The van der Waals surface area contributed by atoms with Crippen LogP contribution in [0.1, 0.15) is 50.9 Å². The molecule has 0 aromatic heterocycles. The Balaban J connectivity index is 2.39. The van der Waals surface area contributed by atoms with Gasteiger partial charge in [-0.15, -0.1) is 4.91 Å². The summed E-state index contributed by atoms with van der Waals surface area (Å²) >= 11 is 0. The maximum atomic E-state index is 13.4. The largest absolute Gasteiger partial charge is 0.480 e. The van der Waals surface area contributed by atoms with Crippen LogP contribution in [-0.4, -0.2) is 69.2 Å². The molecule has 1 aliphatic rings. The first-order valence-corrected chi connectivity index (χ1v) is 10.1. The quantitative estimate of drug-likeness (QED) is 0.238. The summed E-state index contributed by atoms with van der Waals surface area (Å²) in [4.78, 5) is 50.1. The number of rotatable bonds is 13. The Labute approximate surface area is 188 Å². The minimum atomic E-state index is -1.67. The van der Waals surface area contributed by atoms with Gasteiger partial charge < -0.3 is 20.8 Å². The number of unbranched alkanes of at least 4 members (excludes halogenated alkanes) is 1. The van der Waals surface area contributed by atoms with E-state index in [1.54, 1.807) is 0 Å². The molecule has 0 spiro atoms. The van der Waals surface area contributed by atoms with Crippen LogP contribution in [0, 0.1) is 4.91 Å². The minimum Gasteiger partial charge on any atom is -0.480 e. The number of nitroso groups, excluding NO2 is 1. The summed E-state index contributed by atoms with van der Waals surface area (Å²) in [7, 11) is 0. The fourth-order valence-electron chi connectivity index (χ4n) is 3.71. The lowest BCUT2D eigenvalue weighted by atomic mass is 10.0. The molecule has 1 heterocycles. The first kappa shape index (κ1) is 17.6. The maximum absolute atomic E-state index is 13.4. The number of nitrogens with zero attached hydrogens (tertiary/aromatic N) is 3. The number of aliphatic carboxylic acids is 2. The standard InChI is InChI=1S/C21H30N4O6/c22-13-5-4-9-16(19(26)24-14-6-10-17(24)20(27)28)25(23-31)18(21(29)30)12-11-15-7-2-1-3-8-15/h1-3,7-8,16-18H,4-6,9-14,22H2,(H,27,28)(H,29,30)/t16-,17-,18-/m0/s1/i1D,2D,3D,7D,8D. The van der Waals surface area contributed by atoms with Crippen molar-refractivity contribution >= 4 is 17.8 Å². The number of amides is 1. The number of carboxylic acids is 2. The molecule has 1 amide bonds. The van der Waals surface area contributed by atoms with E-state index in [9.17, 15) is 29.5 Å². The topological polar surface area (TPSA) is 154 Å². The summed E-state index contributed by atoms with van der Waals surface area (Å²) in [5, 5.41) is 22.8. The zero-order valence-electron chi connectivity index (χ0n) is 22.0. The molecule has 0 aliphatic carbocycles. The van der Waals surface area contributed by atoms with Gasteiger partial charge in [0.1, 0.15) is 18.1 Å². The normalized spacial score (nSPS) is 20.0. The van der Waals surface area contributed by atoms with Crippen molar-refractivity contribution in [3.8, 4) is 0 Å². The average Bonchev–Trinajstić information content (AvgIpc) is 3.34. The summed E-state index contributed by atoms with van der Waals surface area (Å²) in [5.74, 6) is -3.44. The van der Waals surface area contributed by atoms with Gasteiger partial charge in [0.15, 0.2) is 0 Å². The second-order valence-electron chi connectivity index (χ2n) is 7.29. The molecular formula is C21H30N4O6. The minimum absolute atomic E-state index is 0.00303. The van der Waals surface area contributed by atoms with Gasteiger partial charge in [0.05, 0.1) is 12.1 Å². The molecule has 1 saturated heterocycles. The van der Waals surface area contributed by atoms with Crippen molar-refractivity contribution in [2.24, 2.45) is 11.0 Å². The van der Waals surface area contributed by atoms with E-state index < -0.39 is 72.6 Å². The van der Waals surface area contributed by atoms with E-state index in [4.69, 9.17) is 12.6 Å². The van der Waals surface area contributed by atoms with Crippen LogP contribution in [0.2, 0.25) is 0 Å². The van der Waals surface area contributed by atoms with Crippen LogP contribution in [0.5, 0.6) is 0 Å². The van der Waals surface area contributed by atoms with Gasteiger partial charge >= 0.3 is 11.9 Å². The Morgan fingerprint density at radius 2 is 1.90 bits per heavy atom. The molecule has 0 bridgehead atoms. The molecule has 0 saturated carbocycles. The molecular weight excluding hydrogens is 404 g/mol. The number of hydrogen-bond donors (Lipinski definition) is 3. The van der Waals surface area contributed by atoms with Gasteiger partial charge in [0.2, 0.25) is 5.91 Å². The summed E-state index contributed by atoms with van der Waals surface area (Å²) in [6.45, 7) is 0.421. The molecule has 170 valence electrons. The molecule has 31 heavy (non-hydrogen) atoms. The fourth-order valence-corrected chi connectivity index (χ4v) is 3.71. The predicted octanol–water partition coefficient (Wildman–Crippen LogP) is 1.63. The Morgan fingerprint density at radius 1 is 1.19 bits per heavy atom. The van der Waals surface area contributed by atoms with Crippen molar-refractivity contribution in [2.45, 2.75) is 63.1 Å². The van der Waals surface area contributed by atoms with E-state index >= 15 is 0 Å². The van der Waals surface area contributed by atoms with Crippen LogP contribution in [-0.2, 0) is 20.8 Å². The SMILES string of the molecule is [2H]c1c([2H])c([2H])c(CC[C@@H](C(=O)O)N(N=O)[C@@H](CCCCN)C(=O)N2CCC[C@H]2C(=O)O)c([2H])c1[2H]. The molecule has 10 nitrogen and oxygen atoms in total. The third-order valence-corrected chi connectivity index (χ3v) is 5.28. The van der Waals surface area contributed by atoms with Crippen LogP contribution in [0.25, 0.3) is 0 Å². The number of benzene rings is 1. The van der Waals surface area contributed by atoms with Crippen LogP contribution in [0.3, 0.4) is 0 Å². The van der Waals surface area contributed by atoms with Crippen LogP contribution in [0.15, 0.2) is 35.5 Å². The second kappa shape index (κ2) is 12.0. The molecule has 1 aliphatic heterocycles. The molecule has 3 atom stereocenters. The van der Waals surface area contributed by atoms with Gasteiger partial charge in [-0.25, -0.2) is 14.6 Å². The van der Waals surface area contributed by atoms with E-state index in [2.05, 4.69) is 5.29 Å². The van der Waals surface area contributed by atoms with E-state index in [-0.39, 0.29) is 37.9 Å². The Kier molecular flexibility index (Phi) is 6.83. The molecule has 0 unspecified atom stereocenters. The van der Waals surface area contributed by atoms with Crippen molar-refractivity contribution in [2.75, 3.05) is 13.1 Å². The zero-order chi connectivity index (χ0) is 27.2. The lowest BCUT2D eigenvalue weighted by Gasteiger charge is -2.34. The monoisotopic (exact) mass is 439 g/mol. The maximum Gasteiger partial charge on any atom is 0.328 e. The van der Waals surface area contributed by atoms with Gasteiger partial charge in [-0.3, -0.25) is 4.79 Å². The van der Waals surface area contributed by atoms with Crippen molar-refractivity contribution in [3.63, 3.8) is 0 Å². The van der Waals surface area contributed by atoms with Gasteiger partial charge in [-0.1, -0.05) is 30.2 Å². The molecule has 1 aromatic carbocycles. The van der Waals surface area contributed by atoms with Crippen molar-refractivity contribution < 1.29 is 31.5 Å². The highest BCUT2D eigenvalue weighted by Gasteiger charge is 2.42. The van der Waals surface area contributed by atoms with Crippen LogP contribution in [0.4, 0.5) is 0 Å². The molecule has 0 radical (unpaired) electrons. The Morgan fingerprint density at radius 3 is 2.48 bits per heavy atom.